The van der Waals surface area contributed by atoms with Gasteiger partial charge < -0.3 is 20.5 Å². The van der Waals surface area contributed by atoms with Crippen LogP contribution in [0.15, 0.2) is 0 Å². The lowest BCUT2D eigenvalue weighted by atomic mass is 9.83. The minimum atomic E-state index is -0.0121. The Morgan fingerprint density at radius 2 is 2.39 bits per heavy atom. The van der Waals surface area contributed by atoms with E-state index < -0.39 is 0 Å². The Labute approximate surface area is 108 Å². The number of hydrogen-bond acceptors (Lipinski definition) is 4. The van der Waals surface area contributed by atoms with Crippen LogP contribution in [-0.4, -0.2) is 43.4 Å². The van der Waals surface area contributed by atoms with Crippen LogP contribution in [0.1, 0.15) is 39.0 Å². The second-order valence-electron chi connectivity index (χ2n) is 5.16. The summed E-state index contributed by atoms with van der Waals surface area (Å²) in [5.74, 6) is 0.0651. The van der Waals surface area contributed by atoms with Gasteiger partial charge in [0.05, 0.1) is 18.2 Å². The second kappa shape index (κ2) is 6.50. The summed E-state index contributed by atoms with van der Waals surface area (Å²) in [5.41, 5.74) is 5.89. The average Bonchev–Trinajstić information content (AvgIpc) is 2.86. The lowest BCUT2D eigenvalue weighted by Crippen LogP contribution is -2.64. The molecule has 0 radical (unpaired) electrons. The third-order valence-corrected chi connectivity index (χ3v) is 3.79. The van der Waals surface area contributed by atoms with Gasteiger partial charge in [-0.05, 0) is 32.6 Å². The van der Waals surface area contributed by atoms with Crippen LogP contribution in [0.2, 0.25) is 0 Å². The van der Waals surface area contributed by atoms with E-state index >= 15 is 0 Å². The first-order chi connectivity index (χ1) is 8.70. The summed E-state index contributed by atoms with van der Waals surface area (Å²) in [6.07, 6.45) is 4.74. The van der Waals surface area contributed by atoms with Gasteiger partial charge in [0.25, 0.3) is 0 Å². The summed E-state index contributed by atoms with van der Waals surface area (Å²) < 4.78 is 11.0. The first-order valence-corrected chi connectivity index (χ1v) is 6.99. The van der Waals surface area contributed by atoms with Gasteiger partial charge in [-0.15, -0.1) is 0 Å². The van der Waals surface area contributed by atoms with Gasteiger partial charge in [-0.25, -0.2) is 0 Å². The molecule has 5 heteroatoms. The Hall–Kier alpha value is -0.650. The first-order valence-electron chi connectivity index (χ1n) is 6.99. The van der Waals surface area contributed by atoms with Crippen molar-refractivity contribution in [2.45, 2.75) is 63.3 Å². The largest absolute Gasteiger partial charge is 0.378 e. The fourth-order valence-electron chi connectivity index (χ4n) is 2.65. The molecule has 3 N–H and O–H groups in total. The van der Waals surface area contributed by atoms with Crippen molar-refractivity contribution in [3.05, 3.63) is 0 Å². The predicted octanol–water partition coefficient (Wildman–Crippen LogP) is 0.567. The minimum Gasteiger partial charge on any atom is -0.378 e. The van der Waals surface area contributed by atoms with Crippen LogP contribution in [0.25, 0.3) is 0 Å². The molecule has 1 aliphatic heterocycles. The van der Waals surface area contributed by atoms with Crippen molar-refractivity contribution < 1.29 is 14.3 Å². The molecule has 1 saturated heterocycles. The van der Waals surface area contributed by atoms with Crippen LogP contribution in [0.5, 0.6) is 0 Å². The second-order valence-corrected chi connectivity index (χ2v) is 5.16. The van der Waals surface area contributed by atoms with Gasteiger partial charge in [0.15, 0.2) is 0 Å². The molecule has 104 valence electrons. The summed E-state index contributed by atoms with van der Waals surface area (Å²) in [7, 11) is 0. The number of nitrogens with one attached hydrogen (secondary N) is 1. The van der Waals surface area contributed by atoms with Crippen molar-refractivity contribution in [1.29, 1.82) is 0 Å². The van der Waals surface area contributed by atoms with E-state index in [1.54, 1.807) is 0 Å². The monoisotopic (exact) mass is 256 g/mol. The number of nitrogens with two attached hydrogens (primary N) is 1. The van der Waals surface area contributed by atoms with Crippen molar-refractivity contribution >= 4 is 5.91 Å². The van der Waals surface area contributed by atoms with Crippen LogP contribution >= 0.6 is 0 Å². The average molecular weight is 256 g/mol. The Morgan fingerprint density at radius 3 is 3.00 bits per heavy atom. The van der Waals surface area contributed by atoms with Crippen LogP contribution in [0, 0.1) is 0 Å². The normalized spacial score (nSPS) is 35.2. The highest BCUT2D eigenvalue weighted by atomic mass is 16.5. The van der Waals surface area contributed by atoms with E-state index in [0.29, 0.717) is 13.0 Å². The molecule has 2 aliphatic rings. The van der Waals surface area contributed by atoms with E-state index in [1.165, 1.54) is 0 Å². The SMILES string of the molecule is CCOC1CC(N)C1NC(=O)CCC1CCCO1. The molecule has 4 unspecified atom stereocenters. The molecular weight excluding hydrogens is 232 g/mol. The molecule has 0 aromatic heterocycles. The molecule has 18 heavy (non-hydrogen) atoms. The lowest BCUT2D eigenvalue weighted by Gasteiger charge is -2.42. The van der Waals surface area contributed by atoms with Gasteiger partial charge in [-0.1, -0.05) is 0 Å². The highest BCUT2D eigenvalue weighted by molar-refractivity contribution is 5.76. The van der Waals surface area contributed by atoms with Gasteiger partial charge in [0, 0.05) is 25.7 Å². The van der Waals surface area contributed by atoms with Gasteiger partial charge in [0.1, 0.15) is 0 Å². The third kappa shape index (κ3) is 3.43. The van der Waals surface area contributed by atoms with Gasteiger partial charge in [-0.2, -0.15) is 0 Å². The van der Waals surface area contributed by atoms with E-state index in [0.717, 1.165) is 32.3 Å². The highest BCUT2D eigenvalue weighted by Gasteiger charge is 2.40. The van der Waals surface area contributed by atoms with Crippen LogP contribution in [0.4, 0.5) is 0 Å². The molecule has 2 fully saturated rings. The Balaban J connectivity index is 1.66. The quantitative estimate of drug-likeness (QED) is 0.728. The molecule has 0 bridgehead atoms. The summed E-state index contributed by atoms with van der Waals surface area (Å²) in [4.78, 5) is 11.8. The molecule has 0 aromatic rings. The zero-order valence-corrected chi connectivity index (χ0v) is 11.1. The lowest BCUT2D eigenvalue weighted by molar-refractivity contribution is -0.126. The number of amides is 1. The molecule has 1 aliphatic carbocycles. The van der Waals surface area contributed by atoms with E-state index in [9.17, 15) is 4.79 Å². The number of hydrogen-bond donors (Lipinski definition) is 2. The fourth-order valence-corrected chi connectivity index (χ4v) is 2.65. The number of ether oxygens (including phenoxy) is 2. The van der Waals surface area contributed by atoms with Crippen molar-refractivity contribution in [1.82, 2.24) is 5.32 Å². The number of rotatable bonds is 6. The van der Waals surface area contributed by atoms with Crippen molar-refractivity contribution in [2.75, 3.05) is 13.2 Å². The molecule has 4 atom stereocenters. The van der Waals surface area contributed by atoms with Crippen molar-refractivity contribution in [3.8, 4) is 0 Å². The zero-order valence-electron chi connectivity index (χ0n) is 11.1. The summed E-state index contributed by atoms with van der Waals surface area (Å²) in [5, 5.41) is 2.98. The topological polar surface area (TPSA) is 73.6 Å². The molecule has 5 nitrogen and oxygen atoms in total. The Morgan fingerprint density at radius 1 is 1.56 bits per heavy atom. The van der Waals surface area contributed by atoms with Crippen LogP contribution in [0.3, 0.4) is 0 Å². The van der Waals surface area contributed by atoms with Crippen LogP contribution in [-0.2, 0) is 14.3 Å². The molecule has 1 saturated carbocycles. The van der Waals surface area contributed by atoms with E-state index in [4.69, 9.17) is 15.2 Å². The van der Waals surface area contributed by atoms with E-state index in [1.807, 2.05) is 6.92 Å². The van der Waals surface area contributed by atoms with E-state index in [-0.39, 0.29) is 30.2 Å². The fraction of sp³-hybridized carbons (Fsp3) is 0.923. The molecule has 0 aromatic carbocycles. The standard InChI is InChI=1S/C13H24N2O3/c1-2-17-11-8-10(14)13(11)15-12(16)6-5-9-4-3-7-18-9/h9-11,13H,2-8,14H2,1H3,(H,15,16). The Bertz CT molecular complexity index is 277. The number of carbonyl (C=O) groups is 1. The van der Waals surface area contributed by atoms with Crippen molar-refractivity contribution in [2.24, 2.45) is 5.73 Å². The molecule has 1 amide bonds. The number of carbonyl (C=O) groups excluding carboxylic acids is 1. The maximum absolute atomic E-state index is 11.8. The van der Waals surface area contributed by atoms with Gasteiger partial charge in [0.2, 0.25) is 5.91 Å². The molecular formula is C13H24N2O3. The minimum absolute atomic E-state index is 0.0121. The predicted molar refractivity (Wildman–Crippen MR) is 68.1 cm³/mol. The summed E-state index contributed by atoms with van der Waals surface area (Å²) in [6.45, 7) is 3.46. The summed E-state index contributed by atoms with van der Waals surface area (Å²) >= 11 is 0. The van der Waals surface area contributed by atoms with Crippen LogP contribution < -0.4 is 11.1 Å². The molecule has 2 rings (SSSR count). The van der Waals surface area contributed by atoms with Crippen molar-refractivity contribution in [3.63, 3.8) is 0 Å². The van der Waals surface area contributed by atoms with E-state index in [2.05, 4.69) is 5.32 Å². The first kappa shape index (κ1) is 13.8. The Kier molecular flexibility index (Phi) is 4.97. The van der Waals surface area contributed by atoms with Gasteiger partial charge in [-0.3, -0.25) is 4.79 Å². The maximum atomic E-state index is 11.8. The molecule has 1 heterocycles. The maximum Gasteiger partial charge on any atom is 0.220 e. The zero-order chi connectivity index (χ0) is 13.0. The smallest absolute Gasteiger partial charge is 0.220 e. The van der Waals surface area contributed by atoms with Gasteiger partial charge >= 0.3 is 0 Å². The third-order valence-electron chi connectivity index (χ3n) is 3.79. The molecule has 0 spiro atoms. The highest BCUT2D eigenvalue weighted by Crippen LogP contribution is 2.23. The summed E-state index contributed by atoms with van der Waals surface area (Å²) in [6, 6.07) is 0.0233.